The predicted octanol–water partition coefficient (Wildman–Crippen LogP) is 4.85. The summed E-state index contributed by atoms with van der Waals surface area (Å²) in [6.45, 7) is 4.02. The van der Waals surface area contributed by atoms with Gasteiger partial charge in [-0.25, -0.2) is 0 Å². The number of para-hydroxylation sites is 1. The second-order valence-corrected chi connectivity index (χ2v) is 5.69. The molecular formula is C18H28N2. The van der Waals surface area contributed by atoms with Crippen LogP contribution in [-0.2, 0) is 13.1 Å². The van der Waals surface area contributed by atoms with Crippen LogP contribution in [0.2, 0.25) is 0 Å². The highest BCUT2D eigenvalue weighted by Gasteiger charge is 2.05. The molecule has 0 fully saturated rings. The molecule has 2 heteroatoms. The van der Waals surface area contributed by atoms with Gasteiger partial charge in [0.05, 0.1) is 0 Å². The fourth-order valence-corrected chi connectivity index (χ4v) is 2.91. The Balaban J connectivity index is 1.84. The molecule has 0 radical (unpaired) electrons. The van der Waals surface area contributed by atoms with Crippen molar-refractivity contribution in [1.29, 1.82) is 0 Å². The maximum atomic E-state index is 5.84. The third-order valence-corrected chi connectivity index (χ3v) is 4.09. The van der Waals surface area contributed by atoms with E-state index in [1.54, 1.807) is 0 Å². The smallest absolute Gasteiger partial charge is 0.0483 e. The van der Waals surface area contributed by atoms with Gasteiger partial charge in [-0.2, -0.15) is 0 Å². The van der Waals surface area contributed by atoms with Crippen LogP contribution in [0, 0.1) is 0 Å². The lowest BCUT2D eigenvalue weighted by Crippen LogP contribution is -1.97. The lowest BCUT2D eigenvalue weighted by atomic mass is 10.1. The molecule has 2 N–H and O–H groups in total. The molecule has 0 amide bonds. The summed E-state index contributed by atoms with van der Waals surface area (Å²) < 4.78 is 2.38. The molecule has 0 atom stereocenters. The number of nitrogens with zero attached hydrogens (tertiary/aromatic N) is 1. The molecule has 1 aromatic heterocycles. The second-order valence-electron chi connectivity index (χ2n) is 5.69. The van der Waals surface area contributed by atoms with E-state index in [4.69, 9.17) is 5.73 Å². The van der Waals surface area contributed by atoms with Crippen LogP contribution in [0.1, 0.15) is 57.4 Å². The largest absolute Gasteiger partial charge is 0.347 e. The monoisotopic (exact) mass is 272 g/mol. The van der Waals surface area contributed by atoms with Crippen LogP contribution < -0.4 is 5.73 Å². The van der Waals surface area contributed by atoms with Crippen molar-refractivity contribution in [2.45, 2.75) is 65.0 Å². The summed E-state index contributed by atoms with van der Waals surface area (Å²) in [4.78, 5) is 0. The van der Waals surface area contributed by atoms with Crippen molar-refractivity contribution >= 4 is 10.9 Å². The molecule has 1 aromatic carbocycles. The van der Waals surface area contributed by atoms with Crippen molar-refractivity contribution in [2.24, 2.45) is 5.73 Å². The topological polar surface area (TPSA) is 30.9 Å². The lowest BCUT2D eigenvalue weighted by Gasteiger charge is -2.05. The first kappa shape index (κ1) is 15.1. The van der Waals surface area contributed by atoms with Gasteiger partial charge in [0.2, 0.25) is 0 Å². The molecule has 2 rings (SSSR count). The number of rotatable bonds is 9. The molecule has 20 heavy (non-hydrogen) atoms. The summed E-state index contributed by atoms with van der Waals surface area (Å²) in [7, 11) is 0. The first-order valence-corrected chi connectivity index (χ1v) is 8.13. The van der Waals surface area contributed by atoms with E-state index in [2.05, 4.69) is 42.0 Å². The number of hydrogen-bond acceptors (Lipinski definition) is 1. The fourth-order valence-electron chi connectivity index (χ4n) is 2.91. The predicted molar refractivity (Wildman–Crippen MR) is 87.8 cm³/mol. The van der Waals surface area contributed by atoms with Gasteiger partial charge in [0.15, 0.2) is 0 Å². The van der Waals surface area contributed by atoms with E-state index in [9.17, 15) is 0 Å². The number of aromatic nitrogens is 1. The van der Waals surface area contributed by atoms with Crippen LogP contribution in [0.4, 0.5) is 0 Å². The summed E-state index contributed by atoms with van der Waals surface area (Å²) in [5, 5.41) is 1.32. The van der Waals surface area contributed by atoms with Crippen molar-refractivity contribution in [1.82, 2.24) is 4.57 Å². The normalized spacial score (nSPS) is 11.3. The zero-order valence-corrected chi connectivity index (χ0v) is 12.8. The molecule has 0 spiro atoms. The van der Waals surface area contributed by atoms with Crippen LogP contribution in [0.5, 0.6) is 0 Å². The van der Waals surface area contributed by atoms with Gasteiger partial charge in [0, 0.05) is 30.2 Å². The van der Waals surface area contributed by atoms with Gasteiger partial charge in [-0.3, -0.25) is 0 Å². The first-order chi connectivity index (χ1) is 9.86. The quantitative estimate of drug-likeness (QED) is 0.650. The maximum absolute atomic E-state index is 5.84. The van der Waals surface area contributed by atoms with E-state index in [0.29, 0.717) is 6.54 Å². The van der Waals surface area contributed by atoms with Gasteiger partial charge in [-0.15, -0.1) is 0 Å². The van der Waals surface area contributed by atoms with E-state index in [1.807, 2.05) is 0 Å². The molecular weight excluding hydrogens is 244 g/mol. The highest BCUT2D eigenvalue weighted by Crippen LogP contribution is 2.21. The van der Waals surface area contributed by atoms with Crippen molar-refractivity contribution < 1.29 is 0 Å². The number of hydrogen-bond donors (Lipinski definition) is 1. The molecule has 2 nitrogen and oxygen atoms in total. The van der Waals surface area contributed by atoms with Crippen LogP contribution in [0.25, 0.3) is 10.9 Å². The van der Waals surface area contributed by atoms with Crippen LogP contribution in [-0.4, -0.2) is 4.57 Å². The Labute approximate surface area is 123 Å². The standard InChI is InChI=1S/C18H28N2/c1-2-3-4-5-6-7-10-13-20-15-16(14-19)17-11-8-9-12-18(17)20/h8-9,11-12,15H,2-7,10,13-14,19H2,1H3. The van der Waals surface area contributed by atoms with Crippen molar-refractivity contribution in [3.8, 4) is 0 Å². The summed E-state index contributed by atoms with van der Waals surface area (Å²) in [5.74, 6) is 0. The number of benzene rings is 1. The molecule has 0 bridgehead atoms. The maximum Gasteiger partial charge on any atom is 0.0483 e. The van der Waals surface area contributed by atoms with Gasteiger partial charge in [0.1, 0.15) is 0 Å². The molecule has 0 aliphatic carbocycles. The molecule has 0 saturated carbocycles. The first-order valence-electron chi connectivity index (χ1n) is 8.13. The Morgan fingerprint density at radius 2 is 1.65 bits per heavy atom. The molecule has 0 aliphatic heterocycles. The number of nitrogens with two attached hydrogens (primary N) is 1. The summed E-state index contributed by atoms with van der Waals surface area (Å²) in [6.07, 6.45) is 11.8. The summed E-state index contributed by atoms with van der Waals surface area (Å²) in [6, 6.07) is 8.60. The molecule has 0 aliphatic rings. The minimum Gasteiger partial charge on any atom is -0.347 e. The average Bonchev–Trinajstić information content (AvgIpc) is 2.85. The molecule has 0 saturated heterocycles. The Morgan fingerprint density at radius 1 is 0.950 bits per heavy atom. The van der Waals surface area contributed by atoms with Crippen molar-refractivity contribution in [3.05, 3.63) is 36.0 Å². The fraction of sp³-hybridized carbons (Fsp3) is 0.556. The Morgan fingerprint density at radius 3 is 2.40 bits per heavy atom. The van der Waals surface area contributed by atoms with E-state index in [0.717, 1.165) is 6.54 Å². The zero-order valence-electron chi connectivity index (χ0n) is 12.8. The third kappa shape index (κ3) is 3.86. The van der Waals surface area contributed by atoms with Crippen LogP contribution >= 0.6 is 0 Å². The zero-order chi connectivity index (χ0) is 14.2. The van der Waals surface area contributed by atoms with Gasteiger partial charge < -0.3 is 10.3 Å². The van der Waals surface area contributed by atoms with Crippen molar-refractivity contribution in [3.63, 3.8) is 0 Å². The summed E-state index contributed by atoms with van der Waals surface area (Å²) in [5.41, 5.74) is 8.44. The second kappa shape index (κ2) is 8.11. The molecule has 2 aromatic rings. The minimum absolute atomic E-state index is 0.629. The van der Waals surface area contributed by atoms with E-state index in [-0.39, 0.29) is 0 Å². The van der Waals surface area contributed by atoms with Crippen molar-refractivity contribution in [2.75, 3.05) is 0 Å². The molecule has 1 heterocycles. The van der Waals surface area contributed by atoms with Gasteiger partial charge in [-0.1, -0.05) is 63.6 Å². The summed E-state index contributed by atoms with van der Waals surface area (Å²) >= 11 is 0. The molecule has 110 valence electrons. The van der Waals surface area contributed by atoms with E-state index >= 15 is 0 Å². The Hall–Kier alpha value is -1.28. The third-order valence-electron chi connectivity index (χ3n) is 4.09. The highest BCUT2D eigenvalue weighted by atomic mass is 15.0. The number of aryl methyl sites for hydroxylation is 1. The highest BCUT2D eigenvalue weighted by molar-refractivity contribution is 5.83. The lowest BCUT2D eigenvalue weighted by molar-refractivity contribution is 0.556. The number of unbranched alkanes of at least 4 members (excludes halogenated alkanes) is 6. The SMILES string of the molecule is CCCCCCCCCn1cc(CN)c2ccccc21. The average molecular weight is 272 g/mol. The minimum atomic E-state index is 0.629. The van der Waals surface area contributed by atoms with Gasteiger partial charge >= 0.3 is 0 Å². The van der Waals surface area contributed by atoms with Crippen LogP contribution in [0.3, 0.4) is 0 Å². The van der Waals surface area contributed by atoms with Gasteiger partial charge in [-0.05, 0) is 18.1 Å². The van der Waals surface area contributed by atoms with E-state index < -0.39 is 0 Å². The van der Waals surface area contributed by atoms with Gasteiger partial charge in [0.25, 0.3) is 0 Å². The molecule has 0 unspecified atom stereocenters. The Bertz CT molecular complexity index is 513. The van der Waals surface area contributed by atoms with Crippen LogP contribution in [0.15, 0.2) is 30.5 Å². The van der Waals surface area contributed by atoms with E-state index in [1.165, 1.54) is 61.4 Å². The number of fused-ring (bicyclic) bond motifs is 1. The Kier molecular flexibility index (Phi) is 6.13.